The Hall–Kier alpha value is -0.570. The van der Waals surface area contributed by atoms with Gasteiger partial charge in [0, 0.05) is 13.1 Å². The van der Waals surface area contributed by atoms with Crippen molar-refractivity contribution in [1.29, 1.82) is 0 Å². The topological polar surface area (TPSA) is 32.3 Å². The van der Waals surface area contributed by atoms with Crippen LogP contribution in [0.15, 0.2) is 0 Å². The van der Waals surface area contributed by atoms with Gasteiger partial charge in [0.1, 0.15) is 0 Å². The maximum atomic E-state index is 12.2. The first kappa shape index (κ1) is 10.9. The molecule has 2 fully saturated rings. The summed E-state index contributed by atoms with van der Waals surface area (Å²) in [4.78, 5) is 14.3. The molecule has 1 N–H and O–H groups in total. The maximum absolute atomic E-state index is 12.2. The Morgan fingerprint density at radius 1 is 1.20 bits per heavy atom. The van der Waals surface area contributed by atoms with Crippen molar-refractivity contribution in [2.24, 2.45) is 5.92 Å². The molecule has 1 heterocycles. The van der Waals surface area contributed by atoms with Crippen LogP contribution in [0.4, 0.5) is 0 Å². The number of likely N-dealkylation sites (N-methyl/N-ethyl adjacent to an activating group) is 1. The minimum atomic E-state index is 0.0885. The number of amides is 1. The lowest BCUT2D eigenvalue weighted by Gasteiger charge is -2.27. The number of nitrogens with zero attached hydrogens (tertiary/aromatic N) is 1. The van der Waals surface area contributed by atoms with Crippen LogP contribution in [0.1, 0.15) is 38.5 Å². The largest absolute Gasteiger partial charge is 0.341 e. The Labute approximate surface area is 92.2 Å². The monoisotopic (exact) mass is 210 g/mol. The van der Waals surface area contributed by atoms with Crippen molar-refractivity contribution in [2.75, 3.05) is 20.1 Å². The fourth-order valence-electron chi connectivity index (χ4n) is 2.99. The zero-order valence-electron chi connectivity index (χ0n) is 9.67. The van der Waals surface area contributed by atoms with Gasteiger partial charge in [-0.2, -0.15) is 0 Å². The summed E-state index contributed by atoms with van der Waals surface area (Å²) in [6.45, 7) is 1.95. The number of carbonyl (C=O) groups is 1. The van der Waals surface area contributed by atoms with Gasteiger partial charge in [-0.1, -0.05) is 12.8 Å². The van der Waals surface area contributed by atoms with Gasteiger partial charge in [0.25, 0.3) is 0 Å². The SMILES string of the molecule is CNC(C(=O)N1CCCC1)C1CCCC1. The molecule has 1 saturated heterocycles. The van der Waals surface area contributed by atoms with Crippen LogP contribution in [-0.2, 0) is 4.79 Å². The van der Waals surface area contributed by atoms with E-state index in [1.165, 1.54) is 38.5 Å². The lowest BCUT2D eigenvalue weighted by Crippen LogP contribution is -2.47. The van der Waals surface area contributed by atoms with Gasteiger partial charge in [-0.25, -0.2) is 0 Å². The molecule has 1 saturated carbocycles. The zero-order valence-corrected chi connectivity index (χ0v) is 9.67. The summed E-state index contributed by atoms with van der Waals surface area (Å²) >= 11 is 0. The second-order valence-electron chi connectivity index (χ2n) is 4.84. The zero-order chi connectivity index (χ0) is 10.7. The summed E-state index contributed by atoms with van der Waals surface area (Å²) in [5.41, 5.74) is 0. The molecule has 0 aromatic heterocycles. The molecule has 15 heavy (non-hydrogen) atoms. The first-order valence-corrected chi connectivity index (χ1v) is 6.29. The van der Waals surface area contributed by atoms with Gasteiger partial charge in [-0.15, -0.1) is 0 Å². The molecule has 3 heteroatoms. The van der Waals surface area contributed by atoms with Gasteiger partial charge in [0.15, 0.2) is 0 Å². The Kier molecular flexibility index (Phi) is 3.62. The number of hydrogen-bond donors (Lipinski definition) is 1. The van der Waals surface area contributed by atoms with Crippen LogP contribution >= 0.6 is 0 Å². The van der Waals surface area contributed by atoms with Crippen LogP contribution < -0.4 is 5.32 Å². The minimum absolute atomic E-state index is 0.0885. The first-order valence-electron chi connectivity index (χ1n) is 6.29. The highest BCUT2D eigenvalue weighted by molar-refractivity contribution is 5.82. The molecule has 0 aromatic carbocycles. The maximum Gasteiger partial charge on any atom is 0.239 e. The van der Waals surface area contributed by atoms with Gasteiger partial charge in [0.05, 0.1) is 6.04 Å². The van der Waals surface area contributed by atoms with Gasteiger partial charge in [0.2, 0.25) is 5.91 Å². The third-order valence-electron chi connectivity index (χ3n) is 3.87. The van der Waals surface area contributed by atoms with E-state index in [2.05, 4.69) is 5.32 Å². The molecular weight excluding hydrogens is 188 g/mol. The van der Waals surface area contributed by atoms with Crippen molar-refractivity contribution in [3.05, 3.63) is 0 Å². The fraction of sp³-hybridized carbons (Fsp3) is 0.917. The van der Waals surface area contributed by atoms with Crippen molar-refractivity contribution >= 4 is 5.91 Å². The van der Waals surface area contributed by atoms with Gasteiger partial charge in [-0.3, -0.25) is 4.79 Å². The molecule has 1 aliphatic heterocycles. The van der Waals surface area contributed by atoms with E-state index in [1.54, 1.807) is 0 Å². The van der Waals surface area contributed by atoms with Crippen molar-refractivity contribution < 1.29 is 4.79 Å². The summed E-state index contributed by atoms with van der Waals surface area (Å²) in [6.07, 6.45) is 7.43. The lowest BCUT2D eigenvalue weighted by molar-refractivity contribution is -0.133. The molecule has 1 unspecified atom stereocenters. The Morgan fingerprint density at radius 3 is 2.33 bits per heavy atom. The summed E-state index contributed by atoms with van der Waals surface area (Å²) in [7, 11) is 1.93. The second kappa shape index (κ2) is 4.97. The van der Waals surface area contributed by atoms with Gasteiger partial charge in [-0.05, 0) is 38.6 Å². The van der Waals surface area contributed by atoms with Gasteiger partial charge >= 0.3 is 0 Å². The molecule has 2 aliphatic rings. The summed E-state index contributed by atoms with van der Waals surface area (Å²) in [5, 5.41) is 3.23. The Balaban J connectivity index is 1.95. The van der Waals surface area contributed by atoms with E-state index in [-0.39, 0.29) is 6.04 Å². The molecule has 1 atom stereocenters. The van der Waals surface area contributed by atoms with Crippen LogP contribution in [0.2, 0.25) is 0 Å². The predicted octanol–water partition coefficient (Wildman–Crippen LogP) is 1.39. The van der Waals surface area contributed by atoms with E-state index >= 15 is 0 Å². The molecule has 1 aliphatic carbocycles. The standard InChI is InChI=1S/C12H22N2O/c1-13-11(10-6-2-3-7-10)12(15)14-8-4-5-9-14/h10-11,13H,2-9H2,1H3. The number of rotatable bonds is 3. The highest BCUT2D eigenvalue weighted by Gasteiger charge is 2.32. The third-order valence-corrected chi connectivity index (χ3v) is 3.87. The summed E-state index contributed by atoms with van der Waals surface area (Å²) < 4.78 is 0. The van der Waals surface area contributed by atoms with E-state index in [4.69, 9.17) is 0 Å². The highest BCUT2D eigenvalue weighted by Crippen LogP contribution is 2.28. The van der Waals surface area contributed by atoms with Crippen LogP contribution in [0.5, 0.6) is 0 Å². The third kappa shape index (κ3) is 2.33. The van der Waals surface area contributed by atoms with Crippen LogP contribution in [0.3, 0.4) is 0 Å². The molecule has 2 rings (SSSR count). The average molecular weight is 210 g/mol. The molecular formula is C12H22N2O. The quantitative estimate of drug-likeness (QED) is 0.763. The molecule has 0 bridgehead atoms. The Morgan fingerprint density at radius 2 is 1.80 bits per heavy atom. The molecule has 0 radical (unpaired) electrons. The van der Waals surface area contributed by atoms with Crippen molar-refractivity contribution in [3.8, 4) is 0 Å². The van der Waals surface area contributed by atoms with E-state index in [9.17, 15) is 4.79 Å². The number of carbonyl (C=O) groups excluding carboxylic acids is 1. The fourth-order valence-corrected chi connectivity index (χ4v) is 2.99. The van der Waals surface area contributed by atoms with Crippen LogP contribution in [-0.4, -0.2) is 37.0 Å². The van der Waals surface area contributed by atoms with E-state index in [0.717, 1.165) is 13.1 Å². The molecule has 0 spiro atoms. The normalized spacial score (nSPS) is 24.7. The van der Waals surface area contributed by atoms with Crippen molar-refractivity contribution in [3.63, 3.8) is 0 Å². The molecule has 3 nitrogen and oxygen atoms in total. The highest BCUT2D eigenvalue weighted by atomic mass is 16.2. The van der Waals surface area contributed by atoms with Crippen LogP contribution in [0, 0.1) is 5.92 Å². The minimum Gasteiger partial charge on any atom is -0.341 e. The number of hydrogen-bond acceptors (Lipinski definition) is 2. The predicted molar refractivity (Wildman–Crippen MR) is 60.6 cm³/mol. The van der Waals surface area contributed by atoms with E-state index in [1.807, 2.05) is 11.9 Å². The number of nitrogens with one attached hydrogen (secondary N) is 1. The smallest absolute Gasteiger partial charge is 0.239 e. The summed E-state index contributed by atoms with van der Waals surface area (Å²) in [6, 6.07) is 0.0885. The molecule has 86 valence electrons. The van der Waals surface area contributed by atoms with Gasteiger partial charge < -0.3 is 10.2 Å². The lowest BCUT2D eigenvalue weighted by atomic mass is 9.97. The van der Waals surface area contributed by atoms with E-state index < -0.39 is 0 Å². The van der Waals surface area contributed by atoms with Crippen LogP contribution in [0.25, 0.3) is 0 Å². The Bertz CT molecular complexity index is 218. The summed E-state index contributed by atoms with van der Waals surface area (Å²) in [5.74, 6) is 0.935. The first-order chi connectivity index (χ1) is 7.33. The second-order valence-corrected chi connectivity index (χ2v) is 4.84. The van der Waals surface area contributed by atoms with Crippen molar-refractivity contribution in [1.82, 2.24) is 10.2 Å². The molecule has 1 amide bonds. The number of likely N-dealkylation sites (tertiary alicyclic amines) is 1. The van der Waals surface area contributed by atoms with Crippen molar-refractivity contribution in [2.45, 2.75) is 44.6 Å². The average Bonchev–Trinajstić information content (AvgIpc) is 2.91. The molecule has 0 aromatic rings. The van der Waals surface area contributed by atoms with E-state index in [0.29, 0.717) is 11.8 Å².